The maximum Gasteiger partial charge on any atom is 0.309 e. The molecule has 2 atom stereocenters. The Balaban J connectivity index is 1.82. The number of aromatic nitrogens is 2. The number of esters is 1. The topological polar surface area (TPSA) is 93.2 Å². The van der Waals surface area contributed by atoms with Gasteiger partial charge in [-0.1, -0.05) is 18.3 Å². The van der Waals surface area contributed by atoms with Crippen LogP contribution in [-0.2, 0) is 14.3 Å². The fourth-order valence-electron chi connectivity index (χ4n) is 2.38. The van der Waals surface area contributed by atoms with Crippen LogP contribution in [0, 0.1) is 11.8 Å². The van der Waals surface area contributed by atoms with E-state index in [1.807, 2.05) is 13.8 Å². The number of cyclic esters (lactones) is 1. The van der Waals surface area contributed by atoms with E-state index in [9.17, 15) is 9.59 Å². The molecule has 1 amide bonds. The standard InChI is InChI=1S/C13H18N4O3S2/c1-7(4-8-5-13(2,3)20-10(8)19)9(18)15-11(21)16-12-17-14-6-22-12/h6-8H,4-5H2,1-3H3,(H2,15,16,17,18,21)/t7-,8-/m0/s1. The van der Waals surface area contributed by atoms with Crippen molar-refractivity contribution >= 4 is 45.7 Å². The van der Waals surface area contributed by atoms with Gasteiger partial charge in [-0.25, -0.2) is 0 Å². The highest BCUT2D eigenvalue weighted by molar-refractivity contribution is 7.80. The number of carbonyl (C=O) groups excluding carboxylic acids is 2. The molecule has 2 heterocycles. The molecule has 0 aromatic carbocycles. The lowest BCUT2D eigenvalue weighted by atomic mass is 9.89. The zero-order chi connectivity index (χ0) is 16.3. The number of nitrogens with one attached hydrogen (secondary N) is 2. The van der Waals surface area contributed by atoms with Crippen molar-refractivity contribution in [2.75, 3.05) is 5.32 Å². The smallest absolute Gasteiger partial charge is 0.309 e. The maximum atomic E-state index is 12.1. The van der Waals surface area contributed by atoms with Gasteiger partial charge in [0.25, 0.3) is 0 Å². The molecule has 22 heavy (non-hydrogen) atoms. The fourth-order valence-corrected chi connectivity index (χ4v) is 3.09. The Hall–Kier alpha value is -1.61. The predicted octanol–water partition coefficient (Wildman–Crippen LogP) is 1.72. The minimum Gasteiger partial charge on any atom is -0.459 e. The Kier molecular flexibility index (Phi) is 5.07. The van der Waals surface area contributed by atoms with E-state index < -0.39 is 5.60 Å². The summed E-state index contributed by atoms with van der Waals surface area (Å²) in [6, 6.07) is 0. The molecule has 2 N–H and O–H groups in total. The van der Waals surface area contributed by atoms with Crippen LogP contribution in [0.25, 0.3) is 0 Å². The van der Waals surface area contributed by atoms with Crippen LogP contribution in [0.15, 0.2) is 5.51 Å². The molecule has 1 aromatic heterocycles. The van der Waals surface area contributed by atoms with Crippen molar-refractivity contribution in [3.8, 4) is 0 Å². The molecule has 0 aliphatic carbocycles. The van der Waals surface area contributed by atoms with Gasteiger partial charge < -0.3 is 15.4 Å². The molecule has 1 fully saturated rings. The Morgan fingerprint density at radius 1 is 1.64 bits per heavy atom. The number of amides is 1. The van der Waals surface area contributed by atoms with Crippen molar-refractivity contribution in [3.63, 3.8) is 0 Å². The summed E-state index contributed by atoms with van der Waals surface area (Å²) in [5, 5.41) is 13.5. The van der Waals surface area contributed by atoms with Crippen LogP contribution >= 0.6 is 23.6 Å². The highest BCUT2D eigenvalue weighted by Gasteiger charge is 2.41. The van der Waals surface area contributed by atoms with E-state index in [1.54, 1.807) is 12.4 Å². The van der Waals surface area contributed by atoms with Gasteiger partial charge in [-0.3, -0.25) is 9.59 Å². The largest absolute Gasteiger partial charge is 0.459 e. The van der Waals surface area contributed by atoms with E-state index in [4.69, 9.17) is 17.0 Å². The molecule has 0 unspecified atom stereocenters. The van der Waals surface area contributed by atoms with E-state index in [0.717, 1.165) is 0 Å². The highest BCUT2D eigenvalue weighted by atomic mass is 32.1. The monoisotopic (exact) mass is 342 g/mol. The molecule has 7 nitrogen and oxygen atoms in total. The first kappa shape index (κ1) is 16.8. The average molecular weight is 342 g/mol. The Morgan fingerprint density at radius 3 is 2.91 bits per heavy atom. The zero-order valence-electron chi connectivity index (χ0n) is 12.6. The molecule has 1 aliphatic rings. The molecule has 0 spiro atoms. The second-order valence-electron chi connectivity index (χ2n) is 5.91. The minimum absolute atomic E-state index is 0.169. The first-order chi connectivity index (χ1) is 10.3. The summed E-state index contributed by atoms with van der Waals surface area (Å²) in [6.07, 6.45) is 1.06. The number of anilines is 1. The van der Waals surface area contributed by atoms with Crippen molar-refractivity contribution in [2.45, 2.75) is 39.2 Å². The lowest BCUT2D eigenvalue weighted by Gasteiger charge is -2.16. The van der Waals surface area contributed by atoms with E-state index >= 15 is 0 Å². The molecule has 1 saturated heterocycles. The first-order valence-corrected chi connectivity index (χ1v) is 8.16. The van der Waals surface area contributed by atoms with Gasteiger partial charge in [-0.15, -0.1) is 10.2 Å². The number of ether oxygens (including phenoxy) is 1. The molecule has 1 aliphatic heterocycles. The molecule has 1 aromatic rings. The van der Waals surface area contributed by atoms with Gasteiger partial charge >= 0.3 is 5.97 Å². The van der Waals surface area contributed by atoms with E-state index in [2.05, 4.69) is 20.8 Å². The van der Waals surface area contributed by atoms with Gasteiger partial charge in [0.15, 0.2) is 5.11 Å². The molecule has 9 heteroatoms. The molecule has 120 valence electrons. The normalized spacial score (nSPS) is 21.0. The summed E-state index contributed by atoms with van der Waals surface area (Å²) in [4.78, 5) is 23.9. The van der Waals surface area contributed by atoms with Crippen LogP contribution in [0.3, 0.4) is 0 Å². The molecular weight excluding hydrogens is 324 g/mol. The summed E-state index contributed by atoms with van der Waals surface area (Å²) in [6.45, 7) is 5.51. The summed E-state index contributed by atoms with van der Waals surface area (Å²) in [5.74, 6) is -1.07. The SMILES string of the molecule is C[C@@H](C[C@H]1CC(C)(C)OC1=O)C(=O)NC(=S)Nc1nncs1. The van der Waals surface area contributed by atoms with Gasteiger partial charge in [0.1, 0.15) is 11.1 Å². The number of thiocarbonyl (C=S) groups is 1. The van der Waals surface area contributed by atoms with Crippen LogP contribution in [0.5, 0.6) is 0 Å². The number of hydrogen-bond donors (Lipinski definition) is 2. The molecule has 2 rings (SSSR count). The van der Waals surface area contributed by atoms with Crippen LogP contribution in [-0.4, -0.2) is 32.8 Å². The third-order valence-corrected chi connectivity index (χ3v) is 4.16. The average Bonchev–Trinajstić information content (AvgIpc) is 2.97. The molecule has 0 saturated carbocycles. The van der Waals surface area contributed by atoms with Crippen LogP contribution in [0.4, 0.5) is 5.13 Å². The Bertz CT molecular complexity index is 574. The summed E-state index contributed by atoms with van der Waals surface area (Å²) in [7, 11) is 0. The van der Waals surface area contributed by atoms with Gasteiger partial charge in [0.05, 0.1) is 5.92 Å². The first-order valence-electron chi connectivity index (χ1n) is 6.88. The molecular formula is C13H18N4O3S2. The van der Waals surface area contributed by atoms with Crippen molar-refractivity contribution < 1.29 is 14.3 Å². The van der Waals surface area contributed by atoms with Gasteiger partial charge in [-0.05, 0) is 38.9 Å². The van der Waals surface area contributed by atoms with Crippen molar-refractivity contribution in [1.29, 1.82) is 0 Å². The Labute approximate surface area is 137 Å². The quantitative estimate of drug-likeness (QED) is 0.635. The van der Waals surface area contributed by atoms with Crippen molar-refractivity contribution in [2.24, 2.45) is 11.8 Å². The predicted molar refractivity (Wildman–Crippen MR) is 86.3 cm³/mol. The van der Waals surface area contributed by atoms with Crippen LogP contribution in [0.2, 0.25) is 0 Å². The van der Waals surface area contributed by atoms with E-state index in [-0.39, 0.29) is 28.8 Å². The fraction of sp³-hybridized carbons (Fsp3) is 0.615. The van der Waals surface area contributed by atoms with E-state index in [1.165, 1.54) is 11.3 Å². The third kappa shape index (κ3) is 4.44. The van der Waals surface area contributed by atoms with Crippen LogP contribution < -0.4 is 10.6 Å². The number of carbonyl (C=O) groups is 2. The molecule has 0 radical (unpaired) electrons. The van der Waals surface area contributed by atoms with Gasteiger partial charge in [-0.2, -0.15) is 0 Å². The summed E-state index contributed by atoms with van der Waals surface area (Å²) < 4.78 is 5.27. The summed E-state index contributed by atoms with van der Waals surface area (Å²) >= 11 is 6.32. The summed E-state index contributed by atoms with van der Waals surface area (Å²) in [5.41, 5.74) is 1.11. The van der Waals surface area contributed by atoms with Gasteiger partial charge in [0, 0.05) is 5.92 Å². The highest BCUT2D eigenvalue weighted by Crippen LogP contribution is 2.34. The minimum atomic E-state index is -0.452. The maximum absolute atomic E-state index is 12.1. The molecule has 0 bridgehead atoms. The third-order valence-electron chi connectivity index (χ3n) is 3.35. The lowest BCUT2D eigenvalue weighted by molar-refractivity contribution is -0.148. The number of nitrogens with zero attached hydrogens (tertiary/aromatic N) is 2. The lowest BCUT2D eigenvalue weighted by Crippen LogP contribution is -2.38. The van der Waals surface area contributed by atoms with Crippen molar-refractivity contribution in [3.05, 3.63) is 5.51 Å². The zero-order valence-corrected chi connectivity index (χ0v) is 14.2. The van der Waals surface area contributed by atoms with Crippen molar-refractivity contribution in [1.82, 2.24) is 15.5 Å². The van der Waals surface area contributed by atoms with Gasteiger partial charge in [0.2, 0.25) is 11.0 Å². The van der Waals surface area contributed by atoms with E-state index in [0.29, 0.717) is 18.0 Å². The second-order valence-corrected chi connectivity index (χ2v) is 7.15. The number of rotatable bonds is 4. The number of hydrogen-bond acceptors (Lipinski definition) is 7. The Morgan fingerprint density at radius 2 is 2.36 bits per heavy atom. The second kappa shape index (κ2) is 6.66. The van der Waals surface area contributed by atoms with Crippen LogP contribution in [0.1, 0.15) is 33.6 Å².